The number of benzene rings is 1. The van der Waals surface area contributed by atoms with Gasteiger partial charge in [0.1, 0.15) is 11.8 Å². The SMILES string of the molecule is O=C(N[C@@H]1CCCc2ccccc21)[C@H]1CCC(=O)N1Cc1ccco1. The second-order valence-corrected chi connectivity index (χ2v) is 6.81. The van der Waals surface area contributed by atoms with Gasteiger partial charge < -0.3 is 14.6 Å². The van der Waals surface area contributed by atoms with Gasteiger partial charge in [0.05, 0.1) is 18.8 Å². The first kappa shape index (κ1) is 15.9. The molecule has 2 aromatic rings. The average Bonchev–Trinajstić information content (AvgIpc) is 3.26. The van der Waals surface area contributed by atoms with Gasteiger partial charge in [0.15, 0.2) is 0 Å². The Morgan fingerprint density at radius 3 is 2.88 bits per heavy atom. The van der Waals surface area contributed by atoms with Gasteiger partial charge in [-0.2, -0.15) is 0 Å². The zero-order chi connectivity index (χ0) is 17.2. The van der Waals surface area contributed by atoms with Gasteiger partial charge in [0.25, 0.3) is 0 Å². The van der Waals surface area contributed by atoms with E-state index in [4.69, 9.17) is 4.42 Å². The van der Waals surface area contributed by atoms with Crippen molar-refractivity contribution in [2.45, 2.75) is 50.7 Å². The highest BCUT2D eigenvalue weighted by atomic mass is 16.3. The lowest BCUT2D eigenvalue weighted by Crippen LogP contribution is -2.45. The summed E-state index contributed by atoms with van der Waals surface area (Å²) in [6, 6.07) is 11.6. The molecule has 4 rings (SSSR count). The summed E-state index contributed by atoms with van der Waals surface area (Å²) in [4.78, 5) is 26.7. The Kier molecular flexibility index (Phi) is 4.30. The molecule has 2 amide bonds. The van der Waals surface area contributed by atoms with E-state index < -0.39 is 6.04 Å². The molecule has 2 aliphatic rings. The first-order chi connectivity index (χ1) is 12.2. The molecule has 0 spiro atoms. The number of carbonyl (C=O) groups excluding carboxylic acids is 2. The molecule has 1 aliphatic heterocycles. The van der Waals surface area contributed by atoms with Gasteiger partial charge in [-0.15, -0.1) is 0 Å². The first-order valence-corrected chi connectivity index (χ1v) is 8.92. The van der Waals surface area contributed by atoms with Crippen LogP contribution in [0.25, 0.3) is 0 Å². The van der Waals surface area contributed by atoms with E-state index in [-0.39, 0.29) is 17.9 Å². The van der Waals surface area contributed by atoms with Crippen molar-refractivity contribution in [2.75, 3.05) is 0 Å². The lowest BCUT2D eigenvalue weighted by Gasteiger charge is -2.29. The Bertz CT molecular complexity index is 769. The summed E-state index contributed by atoms with van der Waals surface area (Å²) in [6.45, 7) is 0.352. The summed E-state index contributed by atoms with van der Waals surface area (Å²) in [6.07, 6.45) is 5.65. The number of rotatable bonds is 4. The average molecular weight is 338 g/mol. The number of likely N-dealkylation sites (tertiary alicyclic amines) is 1. The molecule has 1 N–H and O–H groups in total. The van der Waals surface area contributed by atoms with E-state index >= 15 is 0 Å². The predicted molar refractivity (Wildman–Crippen MR) is 92.5 cm³/mol. The standard InChI is InChI=1S/C20H22N2O3/c23-19-11-10-18(22(19)13-15-7-4-12-25-15)20(24)21-17-9-3-6-14-5-1-2-8-16(14)17/h1-2,4-5,7-8,12,17-18H,3,6,9-11,13H2,(H,21,24)/t17-,18-/m1/s1. The fourth-order valence-electron chi connectivity index (χ4n) is 3.95. The quantitative estimate of drug-likeness (QED) is 0.932. The summed E-state index contributed by atoms with van der Waals surface area (Å²) in [5.41, 5.74) is 2.53. The molecule has 130 valence electrons. The molecule has 1 aromatic carbocycles. The van der Waals surface area contributed by atoms with E-state index in [1.54, 1.807) is 17.2 Å². The highest BCUT2D eigenvalue weighted by Crippen LogP contribution is 2.30. The molecular weight excluding hydrogens is 316 g/mol. The van der Waals surface area contributed by atoms with Crippen molar-refractivity contribution in [2.24, 2.45) is 0 Å². The number of aryl methyl sites for hydroxylation is 1. The number of furan rings is 1. The van der Waals surface area contributed by atoms with E-state index in [1.165, 1.54) is 11.1 Å². The van der Waals surface area contributed by atoms with Gasteiger partial charge in [-0.1, -0.05) is 24.3 Å². The third-order valence-electron chi connectivity index (χ3n) is 5.22. The molecule has 0 bridgehead atoms. The highest BCUT2D eigenvalue weighted by molar-refractivity contribution is 5.91. The van der Waals surface area contributed by atoms with Crippen LogP contribution in [0, 0.1) is 0 Å². The maximum absolute atomic E-state index is 12.9. The number of nitrogens with zero attached hydrogens (tertiary/aromatic N) is 1. The van der Waals surface area contributed by atoms with E-state index in [2.05, 4.69) is 17.4 Å². The maximum atomic E-state index is 12.9. The number of hydrogen-bond acceptors (Lipinski definition) is 3. The smallest absolute Gasteiger partial charge is 0.243 e. The molecule has 1 saturated heterocycles. The van der Waals surface area contributed by atoms with Gasteiger partial charge >= 0.3 is 0 Å². The largest absolute Gasteiger partial charge is 0.467 e. The van der Waals surface area contributed by atoms with Crippen molar-refractivity contribution in [3.05, 3.63) is 59.5 Å². The molecule has 1 aromatic heterocycles. The maximum Gasteiger partial charge on any atom is 0.243 e. The minimum absolute atomic E-state index is 0.0144. The van der Waals surface area contributed by atoms with Crippen molar-refractivity contribution in [3.8, 4) is 0 Å². The van der Waals surface area contributed by atoms with E-state index in [1.807, 2.05) is 18.2 Å². The number of carbonyl (C=O) groups is 2. The van der Waals surface area contributed by atoms with Crippen LogP contribution >= 0.6 is 0 Å². The minimum atomic E-state index is -0.410. The van der Waals surface area contributed by atoms with Crippen LogP contribution in [0.15, 0.2) is 47.1 Å². The van der Waals surface area contributed by atoms with Crippen molar-refractivity contribution >= 4 is 11.8 Å². The van der Waals surface area contributed by atoms with Gasteiger partial charge in [0, 0.05) is 6.42 Å². The summed E-state index contributed by atoms with van der Waals surface area (Å²) >= 11 is 0. The summed E-state index contributed by atoms with van der Waals surface area (Å²) < 4.78 is 5.34. The molecule has 2 heterocycles. The topological polar surface area (TPSA) is 62.6 Å². The van der Waals surface area contributed by atoms with Crippen LogP contribution in [0.3, 0.4) is 0 Å². The zero-order valence-electron chi connectivity index (χ0n) is 14.1. The first-order valence-electron chi connectivity index (χ1n) is 8.92. The van der Waals surface area contributed by atoms with Gasteiger partial charge in [-0.3, -0.25) is 9.59 Å². The zero-order valence-corrected chi connectivity index (χ0v) is 14.1. The second kappa shape index (κ2) is 6.75. The van der Waals surface area contributed by atoms with Crippen LogP contribution in [0.1, 0.15) is 48.6 Å². The van der Waals surface area contributed by atoms with Crippen LogP contribution in [0.4, 0.5) is 0 Å². The number of nitrogens with one attached hydrogen (secondary N) is 1. The normalized spacial score (nSPS) is 22.7. The van der Waals surface area contributed by atoms with E-state index in [9.17, 15) is 9.59 Å². The molecule has 5 heteroatoms. The fourth-order valence-corrected chi connectivity index (χ4v) is 3.95. The fraction of sp³-hybridized carbons (Fsp3) is 0.400. The van der Waals surface area contributed by atoms with E-state index in [0.29, 0.717) is 25.1 Å². The number of amides is 2. The molecule has 5 nitrogen and oxygen atoms in total. The Morgan fingerprint density at radius 1 is 1.16 bits per heavy atom. The highest BCUT2D eigenvalue weighted by Gasteiger charge is 2.37. The second-order valence-electron chi connectivity index (χ2n) is 6.81. The summed E-state index contributed by atoms with van der Waals surface area (Å²) in [5, 5.41) is 3.18. The third kappa shape index (κ3) is 3.18. The van der Waals surface area contributed by atoms with Crippen LogP contribution in [0.2, 0.25) is 0 Å². The Labute approximate surface area is 147 Å². The molecule has 0 saturated carbocycles. The van der Waals surface area contributed by atoms with E-state index in [0.717, 1.165) is 19.3 Å². The van der Waals surface area contributed by atoms with Crippen LogP contribution < -0.4 is 5.32 Å². The number of fused-ring (bicyclic) bond motifs is 1. The van der Waals surface area contributed by atoms with Gasteiger partial charge in [-0.25, -0.2) is 0 Å². The third-order valence-corrected chi connectivity index (χ3v) is 5.22. The monoisotopic (exact) mass is 338 g/mol. The molecule has 0 unspecified atom stereocenters. The molecule has 0 radical (unpaired) electrons. The number of hydrogen-bond donors (Lipinski definition) is 1. The molecule has 1 fully saturated rings. The predicted octanol–water partition coefficient (Wildman–Crippen LogP) is 2.96. The van der Waals surface area contributed by atoms with Crippen molar-refractivity contribution in [1.82, 2.24) is 10.2 Å². The summed E-state index contributed by atoms with van der Waals surface area (Å²) in [7, 11) is 0. The Morgan fingerprint density at radius 2 is 2.04 bits per heavy atom. The Balaban J connectivity index is 1.48. The molecule has 2 atom stereocenters. The van der Waals surface area contributed by atoms with Crippen molar-refractivity contribution < 1.29 is 14.0 Å². The van der Waals surface area contributed by atoms with Gasteiger partial charge in [-0.05, 0) is 48.9 Å². The van der Waals surface area contributed by atoms with Gasteiger partial charge in [0.2, 0.25) is 11.8 Å². The van der Waals surface area contributed by atoms with Crippen LogP contribution in [-0.4, -0.2) is 22.8 Å². The molecule has 25 heavy (non-hydrogen) atoms. The Hall–Kier alpha value is -2.56. The molecular formula is C20H22N2O3. The molecule has 1 aliphatic carbocycles. The summed E-state index contributed by atoms with van der Waals surface area (Å²) in [5.74, 6) is 0.663. The lowest BCUT2D eigenvalue weighted by atomic mass is 9.87. The lowest BCUT2D eigenvalue weighted by molar-refractivity contribution is -0.136. The van der Waals surface area contributed by atoms with Crippen LogP contribution in [-0.2, 0) is 22.6 Å². The van der Waals surface area contributed by atoms with Crippen LogP contribution in [0.5, 0.6) is 0 Å². The van der Waals surface area contributed by atoms with Crippen molar-refractivity contribution in [3.63, 3.8) is 0 Å². The minimum Gasteiger partial charge on any atom is -0.467 e. The van der Waals surface area contributed by atoms with Crippen molar-refractivity contribution in [1.29, 1.82) is 0 Å².